The molecular weight excluding hydrogens is 253 g/mol. The number of nitrogens with two attached hydrogens (primary N) is 1. The van der Waals surface area contributed by atoms with Crippen molar-refractivity contribution in [2.45, 2.75) is 39.5 Å². The van der Waals surface area contributed by atoms with E-state index in [0.717, 1.165) is 6.92 Å². The van der Waals surface area contributed by atoms with Crippen LogP contribution in [-0.4, -0.2) is 31.0 Å². The Morgan fingerprint density at radius 1 is 1.22 bits per heavy atom. The van der Waals surface area contributed by atoms with Gasteiger partial charge in [-0.2, -0.15) is 13.2 Å². The van der Waals surface area contributed by atoms with Crippen molar-refractivity contribution in [3.8, 4) is 0 Å². The molecule has 0 saturated carbocycles. The van der Waals surface area contributed by atoms with E-state index in [-0.39, 0.29) is 0 Å². The molecule has 0 spiro atoms. The summed E-state index contributed by atoms with van der Waals surface area (Å²) >= 11 is 0. The number of alkyl halides is 3. The van der Waals surface area contributed by atoms with E-state index in [1.807, 2.05) is 0 Å². The first-order valence-electron chi connectivity index (χ1n) is 5.26. The highest BCUT2D eigenvalue weighted by atomic mass is 19.4. The number of halogens is 3. The Morgan fingerprint density at radius 3 is 2.06 bits per heavy atom. The van der Waals surface area contributed by atoms with Gasteiger partial charge in [-0.15, -0.1) is 0 Å². The normalized spacial score (nSPS) is 16.0. The van der Waals surface area contributed by atoms with Crippen LogP contribution in [0.4, 0.5) is 18.0 Å². The number of carbonyl (C=O) groups excluding carboxylic acids is 1. The Kier molecular flexibility index (Phi) is 5.42. The summed E-state index contributed by atoms with van der Waals surface area (Å²) < 4.78 is 43.1. The summed E-state index contributed by atoms with van der Waals surface area (Å²) in [6.45, 7) is 4.29. The van der Waals surface area contributed by atoms with Crippen LogP contribution >= 0.6 is 0 Å². The quantitative estimate of drug-likeness (QED) is 0.767. The van der Waals surface area contributed by atoms with Crippen LogP contribution in [0.3, 0.4) is 0 Å². The molecule has 3 N–H and O–H groups in total. The molecule has 0 aromatic carbocycles. The second kappa shape index (κ2) is 5.75. The molecular formula is C10H19F3N2O3. The van der Waals surface area contributed by atoms with Gasteiger partial charge in [0.15, 0.2) is 0 Å². The number of ether oxygens (including phenoxy) is 1. The fraction of sp³-hybridized carbons (Fsp3) is 0.900. The molecule has 18 heavy (non-hydrogen) atoms. The van der Waals surface area contributed by atoms with Crippen LogP contribution in [0, 0.1) is 5.41 Å². The minimum Gasteiger partial charge on any atom is -0.444 e. The molecule has 0 heterocycles. The van der Waals surface area contributed by atoms with Gasteiger partial charge in [0, 0.05) is 6.54 Å². The van der Waals surface area contributed by atoms with E-state index in [2.05, 4.69) is 16.1 Å². The summed E-state index contributed by atoms with van der Waals surface area (Å²) in [5, 5.41) is 2.05. The van der Waals surface area contributed by atoms with Crippen molar-refractivity contribution in [1.29, 1.82) is 0 Å². The average Bonchev–Trinajstić information content (AvgIpc) is 2.10. The predicted octanol–water partition coefficient (Wildman–Crippen LogP) is 1.97. The van der Waals surface area contributed by atoms with Crippen molar-refractivity contribution in [3.05, 3.63) is 0 Å². The maximum absolute atomic E-state index is 12.8. The molecule has 0 fully saturated rings. The van der Waals surface area contributed by atoms with Crippen LogP contribution in [0.2, 0.25) is 0 Å². The molecule has 0 aromatic heterocycles. The zero-order chi connectivity index (χ0) is 14.6. The lowest BCUT2D eigenvalue weighted by atomic mass is 9.91. The van der Waals surface area contributed by atoms with Gasteiger partial charge in [0.2, 0.25) is 0 Å². The third kappa shape index (κ3) is 5.54. The highest BCUT2D eigenvalue weighted by Gasteiger charge is 2.51. The molecule has 0 radical (unpaired) electrons. The molecule has 1 unspecified atom stereocenters. The van der Waals surface area contributed by atoms with Gasteiger partial charge in [0.05, 0.1) is 6.61 Å². The van der Waals surface area contributed by atoms with Gasteiger partial charge in [-0.1, -0.05) is 0 Å². The number of alkyl carbamates (subject to hydrolysis) is 1. The van der Waals surface area contributed by atoms with Gasteiger partial charge in [0.1, 0.15) is 11.0 Å². The lowest BCUT2D eigenvalue weighted by Crippen LogP contribution is -2.49. The number of hydrogen-bond acceptors (Lipinski definition) is 4. The fourth-order valence-electron chi connectivity index (χ4n) is 0.998. The van der Waals surface area contributed by atoms with Crippen LogP contribution in [0.1, 0.15) is 27.7 Å². The number of amides is 1. The maximum atomic E-state index is 12.8. The van der Waals surface area contributed by atoms with Gasteiger partial charge in [-0.25, -0.2) is 10.7 Å². The zero-order valence-corrected chi connectivity index (χ0v) is 10.9. The predicted molar refractivity (Wildman–Crippen MR) is 58.5 cm³/mol. The summed E-state index contributed by atoms with van der Waals surface area (Å²) in [5.41, 5.74) is -3.04. The number of nitrogens with one attached hydrogen (secondary N) is 1. The molecule has 0 aliphatic rings. The van der Waals surface area contributed by atoms with Crippen molar-refractivity contribution in [2.24, 2.45) is 11.3 Å². The molecule has 5 nitrogen and oxygen atoms in total. The topological polar surface area (TPSA) is 73.6 Å². The number of rotatable bonds is 4. The van der Waals surface area contributed by atoms with Crippen molar-refractivity contribution in [2.75, 3.05) is 13.2 Å². The van der Waals surface area contributed by atoms with E-state index in [1.54, 1.807) is 20.8 Å². The Balaban J connectivity index is 4.51. The van der Waals surface area contributed by atoms with Crippen LogP contribution in [0.25, 0.3) is 0 Å². The minimum absolute atomic E-state index is 0.678. The first kappa shape index (κ1) is 17.0. The minimum atomic E-state index is -4.55. The van der Waals surface area contributed by atoms with E-state index in [9.17, 15) is 18.0 Å². The van der Waals surface area contributed by atoms with Crippen LogP contribution in [0.15, 0.2) is 0 Å². The van der Waals surface area contributed by atoms with Crippen molar-refractivity contribution in [3.63, 3.8) is 0 Å². The Hall–Kier alpha value is -1.02. The van der Waals surface area contributed by atoms with E-state index in [4.69, 9.17) is 4.74 Å². The summed E-state index contributed by atoms with van der Waals surface area (Å²) in [7, 11) is 0. The summed E-state index contributed by atoms with van der Waals surface area (Å²) in [6.07, 6.45) is -5.48. The lowest BCUT2D eigenvalue weighted by Gasteiger charge is -2.31. The standard InChI is InChI=1S/C10H19F3N2O3/c1-8(2,3)18-7(16)15-5-9(4,6-17-14)10(11,12)13/h5-6,14H2,1-4H3,(H,15,16). The molecule has 1 atom stereocenters. The van der Waals surface area contributed by atoms with E-state index in [1.165, 1.54) is 0 Å². The van der Waals surface area contributed by atoms with Gasteiger partial charge >= 0.3 is 12.3 Å². The highest BCUT2D eigenvalue weighted by molar-refractivity contribution is 5.67. The fourth-order valence-corrected chi connectivity index (χ4v) is 0.998. The van der Waals surface area contributed by atoms with Gasteiger partial charge < -0.3 is 14.9 Å². The molecule has 0 aliphatic heterocycles. The van der Waals surface area contributed by atoms with Gasteiger partial charge in [-0.3, -0.25) is 0 Å². The van der Waals surface area contributed by atoms with Crippen LogP contribution in [0.5, 0.6) is 0 Å². The monoisotopic (exact) mass is 272 g/mol. The van der Waals surface area contributed by atoms with Crippen LogP contribution in [-0.2, 0) is 9.57 Å². The van der Waals surface area contributed by atoms with Crippen LogP contribution < -0.4 is 11.2 Å². The third-order valence-corrected chi connectivity index (χ3v) is 2.11. The Labute approximate surface area is 104 Å². The molecule has 0 bridgehead atoms. The largest absolute Gasteiger partial charge is 0.444 e. The number of hydrogen-bond donors (Lipinski definition) is 2. The Morgan fingerprint density at radius 2 is 1.72 bits per heavy atom. The third-order valence-electron chi connectivity index (χ3n) is 2.11. The Bertz CT molecular complexity index is 289. The average molecular weight is 272 g/mol. The maximum Gasteiger partial charge on any atom is 0.407 e. The molecule has 0 saturated heterocycles. The molecule has 1 amide bonds. The summed E-state index contributed by atoms with van der Waals surface area (Å²) in [6, 6.07) is 0. The smallest absolute Gasteiger partial charge is 0.407 e. The van der Waals surface area contributed by atoms with E-state index in [0.29, 0.717) is 0 Å². The lowest BCUT2D eigenvalue weighted by molar-refractivity contribution is -0.232. The zero-order valence-electron chi connectivity index (χ0n) is 10.9. The molecule has 0 aromatic rings. The second-order valence-electron chi connectivity index (χ2n) is 5.22. The first-order chi connectivity index (χ1) is 7.91. The first-order valence-corrected chi connectivity index (χ1v) is 5.26. The molecule has 108 valence electrons. The van der Waals surface area contributed by atoms with E-state index >= 15 is 0 Å². The summed E-state index contributed by atoms with van der Waals surface area (Å²) in [5.74, 6) is 4.68. The molecule has 0 rings (SSSR count). The van der Waals surface area contributed by atoms with Gasteiger partial charge in [0.25, 0.3) is 0 Å². The van der Waals surface area contributed by atoms with Crippen molar-refractivity contribution >= 4 is 6.09 Å². The van der Waals surface area contributed by atoms with Crippen molar-refractivity contribution < 1.29 is 27.5 Å². The molecule has 8 heteroatoms. The SMILES string of the molecule is CC(C)(C)OC(=O)NCC(C)(CON)C(F)(F)F. The number of carbonyl (C=O) groups is 1. The van der Waals surface area contributed by atoms with Crippen molar-refractivity contribution in [1.82, 2.24) is 5.32 Å². The second-order valence-corrected chi connectivity index (χ2v) is 5.22. The summed E-state index contributed by atoms with van der Waals surface area (Å²) in [4.78, 5) is 15.3. The highest BCUT2D eigenvalue weighted by Crippen LogP contribution is 2.37. The molecule has 0 aliphatic carbocycles. The van der Waals surface area contributed by atoms with Gasteiger partial charge in [-0.05, 0) is 27.7 Å². The van der Waals surface area contributed by atoms with E-state index < -0.39 is 36.4 Å².